The van der Waals surface area contributed by atoms with Crippen LogP contribution in [-0.4, -0.2) is 71.7 Å². The van der Waals surface area contributed by atoms with E-state index < -0.39 is 21.6 Å². The minimum atomic E-state index is -3.32. The van der Waals surface area contributed by atoms with Crippen LogP contribution in [0.5, 0.6) is 0 Å². The summed E-state index contributed by atoms with van der Waals surface area (Å²) in [5.41, 5.74) is 1.99. The average molecular weight is 391 g/mol. The summed E-state index contributed by atoms with van der Waals surface area (Å²) in [5, 5.41) is 12.0. The third kappa shape index (κ3) is 3.10. The Morgan fingerprint density at radius 3 is 2.74 bits per heavy atom. The maximum absolute atomic E-state index is 12.6. The zero-order valence-corrected chi connectivity index (χ0v) is 16.6. The fraction of sp³-hybridized carbons (Fsp3) is 0.526. The van der Waals surface area contributed by atoms with Crippen molar-refractivity contribution < 1.29 is 13.5 Å². The number of likely N-dealkylation sites (N-methyl/N-ethyl adjacent to an activating group) is 1. The summed E-state index contributed by atoms with van der Waals surface area (Å²) in [5.74, 6) is -0.346. The van der Waals surface area contributed by atoms with Crippen LogP contribution in [0, 0.1) is 13.8 Å². The lowest BCUT2D eigenvalue weighted by atomic mass is 9.99. The lowest BCUT2D eigenvalue weighted by Crippen LogP contribution is -2.66. The van der Waals surface area contributed by atoms with Gasteiger partial charge in [-0.3, -0.25) is 14.6 Å². The van der Waals surface area contributed by atoms with Crippen LogP contribution in [0.15, 0.2) is 23.0 Å². The number of fused-ring (bicyclic) bond motifs is 2. The summed E-state index contributed by atoms with van der Waals surface area (Å²) in [6.45, 7) is 5.44. The molecule has 1 aromatic carbocycles. The van der Waals surface area contributed by atoms with Gasteiger partial charge in [-0.2, -0.15) is 0 Å². The van der Waals surface area contributed by atoms with Gasteiger partial charge < -0.3 is 10.1 Å². The summed E-state index contributed by atoms with van der Waals surface area (Å²) in [6, 6.07) is 5.41. The van der Waals surface area contributed by atoms with Crippen LogP contribution in [0.25, 0.3) is 10.9 Å². The highest BCUT2D eigenvalue weighted by Gasteiger charge is 2.56. The van der Waals surface area contributed by atoms with Crippen molar-refractivity contribution in [1.29, 1.82) is 0 Å². The molecule has 2 atom stereocenters. The Kier molecular flexibility index (Phi) is 4.23. The van der Waals surface area contributed by atoms with Crippen LogP contribution in [0.1, 0.15) is 16.7 Å². The van der Waals surface area contributed by atoms with Gasteiger partial charge in [-0.1, -0.05) is 11.6 Å². The number of aryl methyl sites for hydroxylation is 2. The third-order valence-corrected chi connectivity index (χ3v) is 7.63. The lowest BCUT2D eigenvalue weighted by Gasteiger charge is -2.47. The Labute approximate surface area is 158 Å². The number of aromatic nitrogens is 1. The van der Waals surface area contributed by atoms with E-state index in [0.717, 1.165) is 22.0 Å². The highest BCUT2D eigenvalue weighted by Crippen LogP contribution is 2.34. The molecule has 0 spiro atoms. The molecule has 146 valence electrons. The summed E-state index contributed by atoms with van der Waals surface area (Å²) in [4.78, 5) is 19.3. The van der Waals surface area contributed by atoms with Crippen molar-refractivity contribution in [3.8, 4) is 0 Å². The fourth-order valence-corrected chi connectivity index (χ4v) is 6.64. The van der Waals surface area contributed by atoms with E-state index in [4.69, 9.17) is 0 Å². The SMILES string of the molecule is Cc1cc(C)c2[nH]c(=O)c(CN3CCN(C)[C@@]4(O)CS(=O)(=O)C[C@H]34)cc2c1. The number of nitrogens with one attached hydrogen (secondary N) is 1. The minimum Gasteiger partial charge on any atom is -0.373 e. The van der Waals surface area contributed by atoms with Crippen molar-refractivity contribution in [2.24, 2.45) is 0 Å². The maximum atomic E-state index is 12.6. The number of rotatable bonds is 2. The van der Waals surface area contributed by atoms with Gasteiger partial charge in [0.15, 0.2) is 9.84 Å². The number of H-pyrrole nitrogens is 1. The Morgan fingerprint density at radius 1 is 1.26 bits per heavy atom. The second kappa shape index (κ2) is 6.13. The van der Waals surface area contributed by atoms with Gasteiger partial charge >= 0.3 is 0 Å². The highest BCUT2D eigenvalue weighted by molar-refractivity contribution is 7.91. The largest absolute Gasteiger partial charge is 0.373 e. The second-order valence-corrected chi connectivity index (χ2v) is 10.1. The maximum Gasteiger partial charge on any atom is 0.252 e. The van der Waals surface area contributed by atoms with Crippen molar-refractivity contribution >= 4 is 20.7 Å². The molecule has 7 nitrogen and oxygen atoms in total. The number of sulfone groups is 1. The summed E-state index contributed by atoms with van der Waals surface area (Å²) in [6.07, 6.45) is 0. The predicted molar refractivity (Wildman–Crippen MR) is 104 cm³/mol. The molecule has 0 bridgehead atoms. The Balaban J connectivity index is 1.72. The Hall–Kier alpha value is -1.74. The summed E-state index contributed by atoms with van der Waals surface area (Å²) < 4.78 is 24.4. The number of hydrogen-bond donors (Lipinski definition) is 2. The van der Waals surface area contributed by atoms with Crippen LogP contribution in [-0.2, 0) is 16.4 Å². The second-order valence-electron chi connectivity index (χ2n) is 8.01. The normalized spacial score (nSPS) is 28.5. The van der Waals surface area contributed by atoms with Gasteiger partial charge in [-0.05, 0) is 44.0 Å². The highest BCUT2D eigenvalue weighted by atomic mass is 32.2. The van der Waals surface area contributed by atoms with E-state index in [9.17, 15) is 18.3 Å². The van der Waals surface area contributed by atoms with E-state index in [-0.39, 0.29) is 17.1 Å². The van der Waals surface area contributed by atoms with Crippen LogP contribution in [0.2, 0.25) is 0 Å². The third-order valence-electron chi connectivity index (χ3n) is 5.95. The molecule has 1 aromatic heterocycles. The Bertz CT molecular complexity index is 1080. The molecule has 0 saturated carbocycles. The van der Waals surface area contributed by atoms with Crippen molar-refractivity contribution in [3.63, 3.8) is 0 Å². The van der Waals surface area contributed by atoms with Gasteiger partial charge in [0, 0.05) is 25.2 Å². The molecule has 0 aliphatic carbocycles. The molecule has 0 unspecified atom stereocenters. The number of aliphatic hydroxyl groups is 1. The zero-order valence-electron chi connectivity index (χ0n) is 15.8. The van der Waals surface area contributed by atoms with E-state index in [1.807, 2.05) is 36.9 Å². The molecular formula is C19H25N3O4S. The van der Waals surface area contributed by atoms with Gasteiger partial charge in [0.05, 0.1) is 23.1 Å². The molecule has 2 N–H and O–H groups in total. The monoisotopic (exact) mass is 391 g/mol. The van der Waals surface area contributed by atoms with Crippen molar-refractivity contribution in [2.75, 3.05) is 31.6 Å². The van der Waals surface area contributed by atoms with E-state index in [1.54, 1.807) is 11.9 Å². The molecule has 0 amide bonds. The van der Waals surface area contributed by atoms with E-state index in [2.05, 4.69) is 4.98 Å². The smallest absolute Gasteiger partial charge is 0.252 e. The first kappa shape index (κ1) is 18.6. The van der Waals surface area contributed by atoms with Gasteiger partial charge in [0.2, 0.25) is 0 Å². The topological polar surface area (TPSA) is 93.7 Å². The van der Waals surface area contributed by atoms with E-state index in [0.29, 0.717) is 25.2 Å². The molecule has 0 radical (unpaired) electrons. The first-order valence-electron chi connectivity index (χ1n) is 9.10. The van der Waals surface area contributed by atoms with Gasteiger partial charge in [0.25, 0.3) is 5.56 Å². The molecule has 2 aliphatic heterocycles. The predicted octanol–water partition coefficient (Wildman–Crippen LogP) is 0.378. The number of nitrogens with zero attached hydrogens (tertiary/aromatic N) is 2. The van der Waals surface area contributed by atoms with Crippen molar-refractivity contribution in [2.45, 2.75) is 32.2 Å². The molecule has 2 aromatic rings. The van der Waals surface area contributed by atoms with Crippen LogP contribution >= 0.6 is 0 Å². The van der Waals surface area contributed by atoms with Crippen LogP contribution in [0.3, 0.4) is 0 Å². The number of aromatic amines is 1. The molecule has 2 fully saturated rings. The number of piperazine rings is 1. The number of benzene rings is 1. The Morgan fingerprint density at radius 2 is 2.00 bits per heavy atom. The quantitative estimate of drug-likeness (QED) is 0.769. The first-order valence-corrected chi connectivity index (χ1v) is 10.9. The lowest BCUT2D eigenvalue weighted by molar-refractivity contribution is -0.152. The van der Waals surface area contributed by atoms with Crippen LogP contribution in [0.4, 0.5) is 0 Å². The molecule has 2 saturated heterocycles. The molecular weight excluding hydrogens is 366 g/mol. The van der Waals surface area contributed by atoms with Gasteiger partial charge in [0.1, 0.15) is 5.72 Å². The van der Waals surface area contributed by atoms with Crippen molar-refractivity contribution in [1.82, 2.24) is 14.8 Å². The molecule has 2 aliphatic rings. The first-order chi connectivity index (χ1) is 12.6. The van der Waals surface area contributed by atoms with E-state index >= 15 is 0 Å². The van der Waals surface area contributed by atoms with Gasteiger partial charge in [-0.25, -0.2) is 8.42 Å². The van der Waals surface area contributed by atoms with E-state index in [1.165, 1.54) is 0 Å². The molecule has 3 heterocycles. The summed E-state index contributed by atoms with van der Waals surface area (Å²) in [7, 11) is -1.57. The molecule has 27 heavy (non-hydrogen) atoms. The standard InChI is InChI=1S/C19H25N3O4S/c1-12-6-13(2)17-14(7-12)8-15(18(23)20-17)9-22-5-4-21(3)19(24)11-27(25,26)10-16(19)22/h6-8,16,24H,4-5,9-11H2,1-3H3,(H,20,23)/t16-,19+/m0/s1. The summed E-state index contributed by atoms with van der Waals surface area (Å²) >= 11 is 0. The average Bonchev–Trinajstić information content (AvgIpc) is 2.82. The molecule has 4 rings (SSSR count). The van der Waals surface area contributed by atoms with Gasteiger partial charge in [-0.15, -0.1) is 0 Å². The fourth-order valence-electron chi connectivity index (χ4n) is 4.50. The van der Waals surface area contributed by atoms with Crippen molar-refractivity contribution in [3.05, 3.63) is 45.2 Å². The number of hydrogen-bond acceptors (Lipinski definition) is 6. The number of pyridine rings is 1. The minimum absolute atomic E-state index is 0.0858. The molecule has 8 heteroatoms. The van der Waals surface area contributed by atoms with Crippen LogP contribution < -0.4 is 5.56 Å². The zero-order chi connectivity index (χ0) is 19.6.